The van der Waals surface area contributed by atoms with Gasteiger partial charge in [-0.2, -0.15) is 0 Å². The zero-order valence-electron chi connectivity index (χ0n) is 15.2. The van der Waals surface area contributed by atoms with Gasteiger partial charge in [0.2, 0.25) is 15.8 Å². The Morgan fingerprint density at radius 1 is 1.00 bits per heavy atom. The van der Waals surface area contributed by atoms with Gasteiger partial charge < -0.3 is 4.74 Å². The van der Waals surface area contributed by atoms with Crippen molar-refractivity contribution in [3.05, 3.63) is 64.7 Å². The van der Waals surface area contributed by atoms with Gasteiger partial charge in [0.15, 0.2) is 6.10 Å². The molecule has 0 aliphatic heterocycles. The zero-order chi connectivity index (χ0) is 19.6. The van der Waals surface area contributed by atoms with Crippen molar-refractivity contribution in [3.8, 4) is 0 Å². The zero-order valence-corrected chi connectivity index (χ0v) is 16.0. The number of aryl methyl sites for hydroxylation is 2. The fourth-order valence-electron chi connectivity index (χ4n) is 3.13. The molecule has 0 saturated heterocycles. The van der Waals surface area contributed by atoms with Crippen molar-refractivity contribution in [2.75, 3.05) is 7.05 Å². The number of nitrogens with one attached hydrogen (secondary N) is 1. The summed E-state index contributed by atoms with van der Waals surface area (Å²) < 4.78 is 30.9. The van der Waals surface area contributed by atoms with E-state index in [1.807, 2.05) is 12.1 Å². The summed E-state index contributed by atoms with van der Waals surface area (Å²) in [6, 6.07) is 11.0. The maximum atomic E-state index is 12.6. The molecule has 0 saturated carbocycles. The van der Waals surface area contributed by atoms with Gasteiger partial charge in [-0.05, 0) is 74.7 Å². The molecule has 0 heterocycles. The molecule has 1 unspecified atom stereocenters. The molecule has 0 amide bonds. The number of sulfonamides is 1. The van der Waals surface area contributed by atoms with Crippen molar-refractivity contribution in [1.29, 1.82) is 0 Å². The topological polar surface area (TPSA) is 89.5 Å². The van der Waals surface area contributed by atoms with E-state index >= 15 is 0 Å². The molecule has 1 atom stereocenters. The number of esters is 1. The largest absolute Gasteiger partial charge is 0.451 e. The predicted molar refractivity (Wildman–Crippen MR) is 100 cm³/mol. The van der Waals surface area contributed by atoms with Crippen molar-refractivity contribution < 1.29 is 22.7 Å². The van der Waals surface area contributed by atoms with Crippen LogP contribution in [0.4, 0.5) is 0 Å². The second-order valence-corrected chi connectivity index (χ2v) is 8.37. The molecule has 0 fully saturated rings. The van der Waals surface area contributed by atoms with E-state index in [9.17, 15) is 18.0 Å². The van der Waals surface area contributed by atoms with Gasteiger partial charge in [0.1, 0.15) is 0 Å². The van der Waals surface area contributed by atoms with E-state index in [4.69, 9.17) is 4.74 Å². The summed E-state index contributed by atoms with van der Waals surface area (Å²) in [5.74, 6) is -0.933. The van der Waals surface area contributed by atoms with E-state index in [-0.39, 0.29) is 16.2 Å². The maximum Gasteiger partial charge on any atom is 0.338 e. The third-order valence-corrected chi connectivity index (χ3v) is 6.14. The van der Waals surface area contributed by atoms with Crippen LogP contribution >= 0.6 is 0 Å². The minimum atomic E-state index is -3.57. The maximum absolute atomic E-state index is 12.6. The fourth-order valence-corrected chi connectivity index (χ4v) is 3.86. The SMILES string of the molecule is CNS(=O)(=O)c1ccc(C(=O)OC(C)C(=O)c2ccc3c(c2)CCC3)cc1. The van der Waals surface area contributed by atoms with Crippen molar-refractivity contribution >= 4 is 21.8 Å². The van der Waals surface area contributed by atoms with Crippen LogP contribution in [0.1, 0.15) is 45.2 Å². The highest BCUT2D eigenvalue weighted by Crippen LogP contribution is 2.23. The highest BCUT2D eigenvalue weighted by atomic mass is 32.2. The molecule has 1 N–H and O–H groups in total. The molecular weight excluding hydrogens is 366 g/mol. The Labute approximate surface area is 158 Å². The standard InChI is InChI=1S/C20H21NO5S/c1-13(19(22)17-7-6-14-4-3-5-16(14)12-17)26-20(23)15-8-10-18(11-9-15)27(24,25)21-2/h6-13,21H,3-5H2,1-2H3. The van der Waals surface area contributed by atoms with E-state index < -0.39 is 22.1 Å². The van der Waals surface area contributed by atoms with E-state index in [1.165, 1.54) is 49.4 Å². The second kappa shape index (κ2) is 7.62. The van der Waals surface area contributed by atoms with Crippen LogP contribution in [0.2, 0.25) is 0 Å². The summed E-state index contributed by atoms with van der Waals surface area (Å²) >= 11 is 0. The number of ketones is 1. The first-order valence-corrected chi connectivity index (χ1v) is 10.2. The number of hydrogen-bond donors (Lipinski definition) is 1. The van der Waals surface area contributed by atoms with Gasteiger partial charge in [-0.1, -0.05) is 12.1 Å². The highest BCUT2D eigenvalue weighted by Gasteiger charge is 2.22. The summed E-state index contributed by atoms with van der Waals surface area (Å²) in [7, 11) is -2.27. The Kier molecular flexibility index (Phi) is 5.43. The van der Waals surface area contributed by atoms with Crippen LogP contribution in [0.25, 0.3) is 0 Å². The van der Waals surface area contributed by atoms with Crippen LogP contribution in [0.5, 0.6) is 0 Å². The molecule has 142 valence electrons. The van der Waals surface area contributed by atoms with Gasteiger partial charge in [0.25, 0.3) is 0 Å². The molecule has 1 aliphatic rings. The number of Topliss-reactive ketones (excluding diaryl/α,β-unsaturated/α-hetero) is 1. The van der Waals surface area contributed by atoms with Crippen molar-refractivity contribution in [1.82, 2.24) is 4.72 Å². The summed E-state index contributed by atoms with van der Waals surface area (Å²) in [6.07, 6.45) is 2.16. The van der Waals surface area contributed by atoms with Gasteiger partial charge in [0, 0.05) is 5.56 Å². The highest BCUT2D eigenvalue weighted by molar-refractivity contribution is 7.89. The lowest BCUT2D eigenvalue weighted by Gasteiger charge is -2.13. The van der Waals surface area contributed by atoms with Gasteiger partial charge in [-0.25, -0.2) is 17.9 Å². The van der Waals surface area contributed by atoms with Crippen LogP contribution in [0.15, 0.2) is 47.4 Å². The van der Waals surface area contributed by atoms with Crippen LogP contribution in [-0.2, 0) is 27.6 Å². The number of fused-ring (bicyclic) bond motifs is 1. The Hall–Kier alpha value is -2.51. The number of benzene rings is 2. The molecule has 3 rings (SSSR count). The molecule has 1 aliphatic carbocycles. The molecule has 0 spiro atoms. The van der Waals surface area contributed by atoms with E-state index in [0.717, 1.165) is 19.3 Å². The first-order valence-electron chi connectivity index (χ1n) is 8.72. The fraction of sp³-hybridized carbons (Fsp3) is 0.300. The number of ether oxygens (including phenoxy) is 1. The lowest BCUT2D eigenvalue weighted by Crippen LogP contribution is -2.24. The third-order valence-electron chi connectivity index (χ3n) is 4.71. The summed E-state index contributed by atoms with van der Waals surface area (Å²) in [5.41, 5.74) is 3.17. The normalized spacial score (nSPS) is 14.4. The Bertz CT molecular complexity index is 980. The van der Waals surface area contributed by atoms with Gasteiger partial charge >= 0.3 is 5.97 Å². The Morgan fingerprint density at radius 2 is 1.63 bits per heavy atom. The molecule has 27 heavy (non-hydrogen) atoms. The minimum Gasteiger partial charge on any atom is -0.451 e. The van der Waals surface area contributed by atoms with Gasteiger partial charge in [0.05, 0.1) is 10.5 Å². The molecule has 0 radical (unpaired) electrons. The molecule has 6 nitrogen and oxygen atoms in total. The summed E-state index contributed by atoms with van der Waals surface area (Å²) in [4.78, 5) is 24.9. The van der Waals surface area contributed by atoms with Gasteiger partial charge in [-0.15, -0.1) is 0 Å². The first kappa shape index (κ1) is 19.3. The molecule has 0 bridgehead atoms. The Balaban J connectivity index is 1.69. The van der Waals surface area contributed by atoms with Crippen molar-refractivity contribution in [2.24, 2.45) is 0 Å². The molecule has 2 aromatic rings. The third kappa shape index (κ3) is 4.09. The Morgan fingerprint density at radius 3 is 2.30 bits per heavy atom. The molecular formula is C20H21NO5S. The lowest BCUT2D eigenvalue weighted by molar-refractivity contribution is 0.0318. The second-order valence-electron chi connectivity index (χ2n) is 6.48. The van der Waals surface area contributed by atoms with Crippen molar-refractivity contribution in [3.63, 3.8) is 0 Å². The van der Waals surface area contributed by atoms with Crippen molar-refractivity contribution in [2.45, 2.75) is 37.2 Å². The predicted octanol–water partition coefficient (Wildman–Crippen LogP) is 2.51. The summed E-state index contributed by atoms with van der Waals surface area (Å²) in [5, 5.41) is 0. The monoisotopic (exact) mass is 387 g/mol. The number of carbonyl (C=O) groups is 2. The quantitative estimate of drug-likeness (QED) is 0.608. The van der Waals surface area contributed by atoms with E-state index in [0.29, 0.717) is 5.56 Å². The average Bonchev–Trinajstić information content (AvgIpc) is 3.15. The van der Waals surface area contributed by atoms with E-state index in [2.05, 4.69) is 4.72 Å². The molecule has 7 heteroatoms. The van der Waals surface area contributed by atoms with Crippen LogP contribution < -0.4 is 4.72 Å². The number of rotatable bonds is 6. The number of carbonyl (C=O) groups excluding carboxylic acids is 2. The molecule has 2 aromatic carbocycles. The lowest BCUT2D eigenvalue weighted by atomic mass is 10.0. The van der Waals surface area contributed by atoms with Crippen LogP contribution in [-0.4, -0.2) is 33.3 Å². The minimum absolute atomic E-state index is 0.0452. The van der Waals surface area contributed by atoms with Gasteiger partial charge in [-0.3, -0.25) is 4.79 Å². The van der Waals surface area contributed by atoms with E-state index in [1.54, 1.807) is 6.07 Å². The van der Waals surface area contributed by atoms with Crippen LogP contribution in [0.3, 0.4) is 0 Å². The van der Waals surface area contributed by atoms with Crippen LogP contribution in [0, 0.1) is 0 Å². The first-order chi connectivity index (χ1) is 12.8. The molecule has 0 aromatic heterocycles. The smallest absolute Gasteiger partial charge is 0.338 e. The average molecular weight is 387 g/mol. The number of hydrogen-bond acceptors (Lipinski definition) is 5. The summed E-state index contributed by atoms with van der Waals surface area (Å²) in [6.45, 7) is 1.54.